The molecule has 0 spiro atoms. The summed E-state index contributed by atoms with van der Waals surface area (Å²) in [5, 5.41) is 20.4. The summed E-state index contributed by atoms with van der Waals surface area (Å²) in [4.78, 5) is 0. The first kappa shape index (κ1) is 9.50. The maximum atomic E-state index is 10.2. The molecule has 0 aliphatic heterocycles. The Morgan fingerprint density at radius 3 is 1.62 bits per heavy atom. The van der Waals surface area contributed by atoms with E-state index in [0.717, 1.165) is 0 Å². The Morgan fingerprint density at radius 1 is 1.00 bits per heavy atom. The van der Waals surface area contributed by atoms with Crippen LogP contribution in [0.1, 0.15) is 59.8 Å². The average Bonchev–Trinajstić information content (AvgIpc) is 2.45. The van der Waals surface area contributed by atoms with Gasteiger partial charge in [-0.25, -0.2) is 0 Å². The van der Waals surface area contributed by atoms with E-state index in [-0.39, 0.29) is 52.3 Å². The third-order valence-corrected chi connectivity index (χ3v) is 1.90. The summed E-state index contributed by atoms with van der Waals surface area (Å²) in [5.74, 6) is 4.90. The van der Waals surface area contributed by atoms with Crippen molar-refractivity contribution in [3.05, 3.63) is 0 Å². The fraction of sp³-hybridized carbons (Fsp3) is 0.857. The molecular weight excluding hydrogens is 200 g/mol. The van der Waals surface area contributed by atoms with Gasteiger partial charge in [-0.15, -0.1) is 0 Å². The molecule has 0 aromatic carbocycles. The van der Waals surface area contributed by atoms with Gasteiger partial charge < -0.3 is 10.2 Å². The Balaban J connectivity index is 5.01. The minimum atomic E-state index is -1.55. The lowest BCUT2D eigenvalue weighted by atomic mass is 9.91. The van der Waals surface area contributed by atoms with Crippen LogP contribution in [-0.2, 0) is 0 Å². The van der Waals surface area contributed by atoms with Crippen LogP contribution in [0.15, 0.2) is 0 Å². The smallest absolute Gasteiger partial charge is 0.123 e. The average molecular weight is 230 g/mol. The number of hydrogen-bond acceptors (Lipinski definition) is 2. The lowest BCUT2D eigenvalue weighted by Crippen LogP contribution is -2.28. The molecule has 0 rings (SSSR count). The van der Waals surface area contributed by atoms with Crippen molar-refractivity contribution in [3.8, 4) is 11.8 Å². The fourth-order valence-electron chi connectivity index (χ4n) is 1.49. The summed E-state index contributed by atoms with van der Waals surface area (Å²) >= 11 is 0. The van der Waals surface area contributed by atoms with E-state index in [9.17, 15) is 10.2 Å². The SMILES string of the molecule is [2H]CC(C)CC(O)(C#CC(O)(C[2H])CC(C)C[2H])C[2H]. The molecule has 0 aliphatic carbocycles. The quantitative estimate of drug-likeness (QED) is 0.729. The number of rotatable bonds is 4. The Hall–Kier alpha value is -0.520. The predicted octanol–water partition coefficient (Wildman–Crippen LogP) is 2.58. The van der Waals surface area contributed by atoms with E-state index in [0.29, 0.717) is 0 Å². The van der Waals surface area contributed by atoms with Crippen molar-refractivity contribution in [1.82, 2.24) is 0 Å². The summed E-state index contributed by atoms with van der Waals surface area (Å²) in [5.41, 5.74) is -3.10. The molecule has 0 amide bonds. The van der Waals surface area contributed by atoms with E-state index >= 15 is 0 Å². The second-order valence-corrected chi connectivity index (χ2v) is 4.93. The van der Waals surface area contributed by atoms with Crippen LogP contribution in [0.4, 0.5) is 0 Å². The van der Waals surface area contributed by atoms with Crippen LogP contribution in [0, 0.1) is 23.7 Å². The van der Waals surface area contributed by atoms with Gasteiger partial charge in [-0.1, -0.05) is 39.5 Å². The van der Waals surface area contributed by atoms with E-state index in [1.807, 2.05) is 0 Å². The maximum absolute atomic E-state index is 10.2. The molecule has 0 aromatic rings. The Morgan fingerprint density at radius 2 is 1.38 bits per heavy atom. The number of aliphatic hydroxyl groups is 2. The van der Waals surface area contributed by atoms with Crippen LogP contribution in [-0.4, -0.2) is 21.4 Å². The summed E-state index contributed by atoms with van der Waals surface area (Å²) in [6.07, 6.45) is 0.407. The summed E-state index contributed by atoms with van der Waals surface area (Å²) in [6.45, 7) is 3.23. The lowest BCUT2D eigenvalue weighted by molar-refractivity contribution is 0.0859. The Labute approximate surface area is 106 Å². The van der Waals surface area contributed by atoms with Crippen molar-refractivity contribution in [1.29, 1.82) is 0 Å². The Bertz CT molecular complexity index is 312. The molecule has 0 saturated heterocycles. The van der Waals surface area contributed by atoms with Crippen molar-refractivity contribution in [2.45, 2.75) is 65.5 Å². The van der Waals surface area contributed by atoms with Gasteiger partial charge >= 0.3 is 0 Å². The molecular formula is C14H26O2. The third kappa shape index (κ3) is 7.73. The molecule has 4 atom stereocenters. The van der Waals surface area contributed by atoms with Gasteiger partial charge in [0.25, 0.3) is 0 Å². The zero-order valence-electron chi connectivity index (χ0n) is 14.3. The van der Waals surface area contributed by atoms with Crippen LogP contribution >= 0.6 is 0 Å². The maximum Gasteiger partial charge on any atom is 0.123 e. The molecule has 94 valence electrons. The van der Waals surface area contributed by atoms with Crippen molar-refractivity contribution in [2.24, 2.45) is 11.8 Å². The van der Waals surface area contributed by atoms with Crippen molar-refractivity contribution < 1.29 is 15.7 Å². The van der Waals surface area contributed by atoms with Crippen LogP contribution in [0.5, 0.6) is 0 Å². The third-order valence-electron chi connectivity index (χ3n) is 1.90. The molecule has 0 fully saturated rings. The minimum Gasteiger partial charge on any atom is -0.378 e. The lowest BCUT2D eigenvalue weighted by Gasteiger charge is -2.22. The van der Waals surface area contributed by atoms with Crippen molar-refractivity contribution in [3.63, 3.8) is 0 Å². The first-order valence-corrected chi connectivity index (χ1v) is 5.40. The molecule has 0 aliphatic rings. The molecule has 2 nitrogen and oxygen atoms in total. The van der Waals surface area contributed by atoms with E-state index in [2.05, 4.69) is 11.8 Å². The largest absolute Gasteiger partial charge is 0.378 e. The normalized spacial score (nSPS) is 25.5. The van der Waals surface area contributed by atoms with Crippen molar-refractivity contribution >= 4 is 0 Å². The van der Waals surface area contributed by atoms with Gasteiger partial charge in [-0.2, -0.15) is 0 Å². The molecule has 2 heteroatoms. The van der Waals surface area contributed by atoms with E-state index in [4.69, 9.17) is 5.48 Å². The topological polar surface area (TPSA) is 40.5 Å². The van der Waals surface area contributed by atoms with Gasteiger partial charge in [-0.3, -0.25) is 0 Å². The second kappa shape index (κ2) is 5.70. The summed E-state index contributed by atoms with van der Waals surface area (Å²) in [6, 6.07) is 0. The highest BCUT2D eigenvalue weighted by molar-refractivity contribution is 5.19. The highest BCUT2D eigenvalue weighted by atomic mass is 16.3. The van der Waals surface area contributed by atoms with Gasteiger partial charge in [0.05, 0.1) is 0 Å². The van der Waals surface area contributed by atoms with E-state index in [1.54, 1.807) is 13.8 Å². The first-order chi connectivity index (χ1) is 9.24. The zero-order valence-corrected chi connectivity index (χ0v) is 10.3. The summed E-state index contributed by atoms with van der Waals surface area (Å²) in [7, 11) is 0. The Kier molecular flexibility index (Phi) is 3.39. The number of hydrogen-bond donors (Lipinski definition) is 2. The van der Waals surface area contributed by atoms with E-state index in [1.165, 1.54) is 0 Å². The standard InChI is InChI=1S/C14H26O2/c1-11(2)9-13(5,15)7-8-14(6,16)10-12(3)4/h11-12,15-16H,9-10H2,1-6H3/i1D,3D,5D,6D. The monoisotopic (exact) mass is 230 g/mol. The van der Waals surface area contributed by atoms with E-state index < -0.39 is 11.2 Å². The first-order valence-electron chi connectivity index (χ1n) is 8.23. The summed E-state index contributed by atoms with van der Waals surface area (Å²) < 4.78 is 29.3. The van der Waals surface area contributed by atoms with Crippen LogP contribution < -0.4 is 0 Å². The molecule has 0 bridgehead atoms. The van der Waals surface area contributed by atoms with Crippen molar-refractivity contribution in [2.75, 3.05) is 0 Å². The molecule has 0 aromatic heterocycles. The fourth-order valence-corrected chi connectivity index (χ4v) is 1.49. The zero-order chi connectivity index (χ0) is 15.8. The predicted molar refractivity (Wildman–Crippen MR) is 67.9 cm³/mol. The minimum absolute atomic E-state index is 0.0871. The molecule has 16 heavy (non-hydrogen) atoms. The molecule has 2 N–H and O–H groups in total. The van der Waals surface area contributed by atoms with Gasteiger partial charge in [-0.05, 0) is 38.5 Å². The molecule has 0 saturated carbocycles. The molecule has 0 heterocycles. The second-order valence-electron chi connectivity index (χ2n) is 4.93. The van der Waals surface area contributed by atoms with Gasteiger partial charge in [0, 0.05) is 5.48 Å². The van der Waals surface area contributed by atoms with Crippen LogP contribution in [0.25, 0.3) is 0 Å². The van der Waals surface area contributed by atoms with Crippen LogP contribution in [0.2, 0.25) is 0 Å². The van der Waals surface area contributed by atoms with Crippen LogP contribution in [0.3, 0.4) is 0 Å². The highest BCUT2D eigenvalue weighted by Crippen LogP contribution is 2.18. The van der Waals surface area contributed by atoms with Gasteiger partial charge in [0.2, 0.25) is 0 Å². The van der Waals surface area contributed by atoms with Gasteiger partial charge in [0.15, 0.2) is 0 Å². The van der Waals surface area contributed by atoms with Gasteiger partial charge in [0.1, 0.15) is 11.2 Å². The molecule has 4 unspecified atom stereocenters. The molecule has 0 radical (unpaired) electrons. The highest BCUT2D eigenvalue weighted by Gasteiger charge is 2.22.